The Labute approximate surface area is 115 Å². The highest BCUT2D eigenvalue weighted by atomic mass is 16.5. The molecule has 1 unspecified atom stereocenters. The molecule has 1 aromatic rings. The quantitative estimate of drug-likeness (QED) is 0.826. The van der Waals surface area contributed by atoms with Crippen LogP contribution in [0.15, 0.2) is 24.3 Å². The summed E-state index contributed by atoms with van der Waals surface area (Å²) in [5, 5.41) is 3.49. The summed E-state index contributed by atoms with van der Waals surface area (Å²) in [7, 11) is 0. The first-order valence-corrected chi connectivity index (χ1v) is 6.52. The number of hydrogen-bond acceptors (Lipinski definition) is 3. The second kappa shape index (κ2) is 6.57. The predicted octanol–water partition coefficient (Wildman–Crippen LogP) is 2.07. The number of carbonyl (C=O) groups is 1. The van der Waals surface area contributed by atoms with E-state index >= 15 is 0 Å². The van der Waals surface area contributed by atoms with Gasteiger partial charge in [0.25, 0.3) is 5.91 Å². The van der Waals surface area contributed by atoms with Crippen molar-refractivity contribution >= 4 is 5.91 Å². The van der Waals surface area contributed by atoms with Gasteiger partial charge in [-0.25, -0.2) is 0 Å². The van der Waals surface area contributed by atoms with Gasteiger partial charge < -0.3 is 15.8 Å². The number of nitrogens with one attached hydrogen (secondary N) is 1. The summed E-state index contributed by atoms with van der Waals surface area (Å²) in [5.41, 5.74) is 6.44. The van der Waals surface area contributed by atoms with Gasteiger partial charge >= 0.3 is 0 Å². The molecule has 106 valence electrons. The molecule has 1 amide bonds. The molecular weight excluding hydrogens is 240 g/mol. The van der Waals surface area contributed by atoms with E-state index < -0.39 is 5.91 Å². The van der Waals surface area contributed by atoms with Crippen molar-refractivity contribution in [3.63, 3.8) is 0 Å². The van der Waals surface area contributed by atoms with Crippen molar-refractivity contribution in [2.75, 3.05) is 6.61 Å². The van der Waals surface area contributed by atoms with Crippen LogP contribution in [0.2, 0.25) is 0 Å². The number of ether oxygens (including phenoxy) is 1. The van der Waals surface area contributed by atoms with E-state index in [4.69, 9.17) is 10.5 Å². The predicted molar refractivity (Wildman–Crippen MR) is 76.9 cm³/mol. The maximum absolute atomic E-state index is 10.6. The van der Waals surface area contributed by atoms with Crippen LogP contribution < -0.4 is 15.8 Å². The molecule has 0 aliphatic rings. The van der Waals surface area contributed by atoms with Crippen LogP contribution >= 0.6 is 0 Å². The van der Waals surface area contributed by atoms with E-state index in [0.29, 0.717) is 11.8 Å². The molecule has 19 heavy (non-hydrogen) atoms. The van der Waals surface area contributed by atoms with Crippen molar-refractivity contribution in [1.82, 2.24) is 5.32 Å². The first kappa shape index (κ1) is 15.5. The summed E-state index contributed by atoms with van der Waals surface area (Å²) in [6, 6.07) is 8.10. The molecule has 4 heteroatoms. The Kier molecular flexibility index (Phi) is 5.36. The molecule has 0 aliphatic heterocycles. The van der Waals surface area contributed by atoms with Crippen LogP contribution in [-0.4, -0.2) is 18.6 Å². The van der Waals surface area contributed by atoms with E-state index in [1.54, 1.807) is 0 Å². The second-order valence-electron chi connectivity index (χ2n) is 5.87. The van der Waals surface area contributed by atoms with Crippen LogP contribution in [-0.2, 0) is 11.3 Å². The van der Waals surface area contributed by atoms with E-state index in [1.807, 2.05) is 24.3 Å². The average Bonchev–Trinajstić information content (AvgIpc) is 2.33. The standard InChI is InChI=1S/C15H24N2O2/c1-11(15(2,3)4)17-9-12-5-7-13(8-6-12)19-10-14(16)18/h5-8,11,17H,9-10H2,1-4H3,(H2,16,18). The third kappa shape index (κ3) is 5.75. The Morgan fingerprint density at radius 3 is 2.37 bits per heavy atom. The van der Waals surface area contributed by atoms with Crippen LogP contribution in [0, 0.1) is 5.41 Å². The van der Waals surface area contributed by atoms with E-state index in [0.717, 1.165) is 6.54 Å². The largest absolute Gasteiger partial charge is 0.484 e. The molecule has 0 spiro atoms. The number of nitrogens with two attached hydrogens (primary N) is 1. The van der Waals surface area contributed by atoms with Crippen LogP contribution in [0.1, 0.15) is 33.3 Å². The van der Waals surface area contributed by atoms with Gasteiger partial charge in [0.1, 0.15) is 5.75 Å². The van der Waals surface area contributed by atoms with Crippen LogP contribution in [0.25, 0.3) is 0 Å². The minimum atomic E-state index is -0.468. The first-order chi connectivity index (χ1) is 8.79. The van der Waals surface area contributed by atoms with Gasteiger partial charge in [-0.1, -0.05) is 32.9 Å². The van der Waals surface area contributed by atoms with Gasteiger partial charge in [-0.05, 0) is 30.0 Å². The Balaban J connectivity index is 2.46. The molecule has 0 fully saturated rings. The summed E-state index contributed by atoms with van der Waals surface area (Å²) in [4.78, 5) is 10.6. The van der Waals surface area contributed by atoms with Crippen LogP contribution in [0.4, 0.5) is 0 Å². The second-order valence-corrected chi connectivity index (χ2v) is 5.87. The summed E-state index contributed by atoms with van der Waals surface area (Å²) in [5.74, 6) is 0.191. The lowest BCUT2D eigenvalue weighted by atomic mass is 9.88. The zero-order chi connectivity index (χ0) is 14.5. The Morgan fingerprint density at radius 2 is 1.89 bits per heavy atom. The fourth-order valence-corrected chi connectivity index (χ4v) is 1.44. The van der Waals surface area contributed by atoms with Crippen molar-refractivity contribution in [2.24, 2.45) is 11.1 Å². The molecule has 0 heterocycles. The number of benzene rings is 1. The molecule has 0 saturated heterocycles. The van der Waals surface area contributed by atoms with Crippen molar-refractivity contribution < 1.29 is 9.53 Å². The van der Waals surface area contributed by atoms with Crippen LogP contribution in [0.5, 0.6) is 5.75 Å². The molecule has 0 saturated carbocycles. The highest BCUT2D eigenvalue weighted by Gasteiger charge is 2.18. The maximum Gasteiger partial charge on any atom is 0.255 e. The van der Waals surface area contributed by atoms with E-state index in [2.05, 4.69) is 33.0 Å². The molecule has 0 aliphatic carbocycles. The molecular formula is C15H24N2O2. The number of rotatable bonds is 6. The summed E-state index contributed by atoms with van der Waals surface area (Å²) in [6.45, 7) is 9.56. The van der Waals surface area contributed by atoms with Crippen LogP contribution in [0.3, 0.4) is 0 Å². The highest BCUT2D eigenvalue weighted by Crippen LogP contribution is 2.19. The molecule has 1 atom stereocenters. The van der Waals surface area contributed by atoms with Crippen molar-refractivity contribution in [3.05, 3.63) is 29.8 Å². The van der Waals surface area contributed by atoms with E-state index in [-0.39, 0.29) is 12.0 Å². The normalized spacial score (nSPS) is 13.1. The fourth-order valence-electron chi connectivity index (χ4n) is 1.44. The van der Waals surface area contributed by atoms with Gasteiger partial charge in [0, 0.05) is 12.6 Å². The molecule has 4 nitrogen and oxygen atoms in total. The number of carbonyl (C=O) groups excluding carboxylic acids is 1. The third-order valence-electron chi connectivity index (χ3n) is 3.22. The molecule has 0 bridgehead atoms. The summed E-state index contributed by atoms with van der Waals surface area (Å²) in [6.07, 6.45) is 0. The van der Waals surface area contributed by atoms with Gasteiger partial charge in [-0.2, -0.15) is 0 Å². The third-order valence-corrected chi connectivity index (χ3v) is 3.22. The molecule has 0 aromatic heterocycles. The lowest BCUT2D eigenvalue weighted by Gasteiger charge is -2.28. The van der Waals surface area contributed by atoms with E-state index in [1.165, 1.54) is 5.56 Å². The topological polar surface area (TPSA) is 64.3 Å². The lowest BCUT2D eigenvalue weighted by molar-refractivity contribution is -0.119. The smallest absolute Gasteiger partial charge is 0.255 e. The molecule has 1 rings (SSSR count). The summed E-state index contributed by atoms with van der Waals surface area (Å²) < 4.78 is 5.21. The van der Waals surface area contributed by atoms with Gasteiger partial charge in [0.05, 0.1) is 0 Å². The Hall–Kier alpha value is -1.55. The van der Waals surface area contributed by atoms with Crippen molar-refractivity contribution in [1.29, 1.82) is 0 Å². The van der Waals surface area contributed by atoms with Crippen molar-refractivity contribution in [3.8, 4) is 5.75 Å². The molecule has 3 N–H and O–H groups in total. The first-order valence-electron chi connectivity index (χ1n) is 6.52. The van der Waals surface area contributed by atoms with Gasteiger partial charge in [0.15, 0.2) is 6.61 Å². The minimum Gasteiger partial charge on any atom is -0.484 e. The number of hydrogen-bond donors (Lipinski definition) is 2. The average molecular weight is 264 g/mol. The highest BCUT2D eigenvalue weighted by molar-refractivity contribution is 5.75. The molecule has 0 radical (unpaired) electrons. The monoisotopic (exact) mass is 264 g/mol. The minimum absolute atomic E-state index is 0.0847. The zero-order valence-electron chi connectivity index (χ0n) is 12.2. The number of primary amides is 1. The van der Waals surface area contributed by atoms with Gasteiger partial charge in [-0.15, -0.1) is 0 Å². The Bertz CT molecular complexity index is 407. The van der Waals surface area contributed by atoms with Crippen molar-refractivity contribution in [2.45, 2.75) is 40.3 Å². The van der Waals surface area contributed by atoms with Gasteiger partial charge in [-0.3, -0.25) is 4.79 Å². The zero-order valence-corrected chi connectivity index (χ0v) is 12.2. The van der Waals surface area contributed by atoms with E-state index in [9.17, 15) is 4.79 Å². The SMILES string of the molecule is CC(NCc1ccc(OCC(N)=O)cc1)C(C)(C)C. The Morgan fingerprint density at radius 1 is 1.32 bits per heavy atom. The maximum atomic E-state index is 10.6. The fraction of sp³-hybridized carbons (Fsp3) is 0.533. The summed E-state index contributed by atoms with van der Waals surface area (Å²) >= 11 is 0. The van der Waals surface area contributed by atoms with Gasteiger partial charge in [0.2, 0.25) is 0 Å². The lowest BCUT2D eigenvalue weighted by Crippen LogP contribution is -2.37. The number of amides is 1. The molecule has 1 aromatic carbocycles.